The van der Waals surface area contributed by atoms with E-state index in [0.29, 0.717) is 6.61 Å². The molecule has 0 spiro atoms. The van der Waals surface area contributed by atoms with Crippen LogP contribution in [0.1, 0.15) is 29.0 Å². The number of ether oxygens (including phenoxy) is 1. The van der Waals surface area contributed by atoms with Crippen molar-refractivity contribution in [1.82, 2.24) is 15.2 Å². The zero-order valence-corrected chi connectivity index (χ0v) is 17.1. The topological polar surface area (TPSA) is 66.5 Å². The monoisotopic (exact) mass is 388 g/mol. The van der Waals surface area contributed by atoms with Gasteiger partial charge in [-0.1, -0.05) is 12.1 Å². The Balaban J connectivity index is 1.64. The number of thiazole rings is 1. The number of anilines is 1. The first-order valence-electron chi connectivity index (χ1n) is 9.26. The predicted molar refractivity (Wildman–Crippen MR) is 109 cm³/mol. The molecule has 3 rings (SSSR count). The molecule has 0 aliphatic carbocycles. The summed E-state index contributed by atoms with van der Waals surface area (Å²) in [6.07, 6.45) is 1.71. The molecule has 1 saturated heterocycles. The summed E-state index contributed by atoms with van der Waals surface area (Å²) in [6.45, 7) is 7.33. The third kappa shape index (κ3) is 5.28. The Kier molecular flexibility index (Phi) is 6.46. The number of carbonyl (C=O) groups is 1. The summed E-state index contributed by atoms with van der Waals surface area (Å²) >= 11 is 1.69. The Labute approximate surface area is 164 Å². The SMILES string of the molecule is COCCC1(NC(=O)Nc2cccc(C)c2)CCN(Cc2scnc2C)C1. The average Bonchev–Trinajstić information content (AvgIpc) is 3.20. The smallest absolute Gasteiger partial charge is 0.319 e. The molecule has 6 nitrogen and oxygen atoms in total. The average molecular weight is 389 g/mol. The van der Waals surface area contributed by atoms with Crippen LogP contribution >= 0.6 is 11.3 Å². The first-order valence-corrected chi connectivity index (χ1v) is 10.1. The first-order chi connectivity index (χ1) is 13.0. The molecule has 27 heavy (non-hydrogen) atoms. The predicted octanol–water partition coefficient (Wildman–Crippen LogP) is 3.56. The van der Waals surface area contributed by atoms with Crippen LogP contribution in [0.2, 0.25) is 0 Å². The molecule has 1 atom stereocenters. The van der Waals surface area contributed by atoms with Gasteiger partial charge in [-0.15, -0.1) is 11.3 Å². The molecule has 1 aromatic heterocycles. The highest BCUT2D eigenvalue weighted by atomic mass is 32.1. The number of nitrogens with zero attached hydrogens (tertiary/aromatic N) is 2. The van der Waals surface area contributed by atoms with Gasteiger partial charge in [0.25, 0.3) is 0 Å². The van der Waals surface area contributed by atoms with Gasteiger partial charge in [-0.2, -0.15) is 0 Å². The van der Waals surface area contributed by atoms with E-state index < -0.39 is 0 Å². The lowest BCUT2D eigenvalue weighted by Crippen LogP contribution is -2.52. The van der Waals surface area contributed by atoms with E-state index in [2.05, 4.69) is 20.5 Å². The van der Waals surface area contributed by atoms with E-state index in [-0.39, 0.29) is 11.6 Å². The van der Waals surface area contributed by atoms with Gasteiger partial charge in [-0.05, 0) is 44.4 Å². The number of aromatic nitrogens is 1. The summed E-state index contributed by atoms with van der Waals surface area (Å²) < 4.78 is 5.31. The van der Waals surface area contributed by atoms with Gasteiger partial charge in [-0.3, -0.25) is 4.90 Å². The maximum atomic E-state index is 12.6. The van der Waals surface area contributed by atoms with Gasteiger partial charge >= 0.3 is 6.03 Å². The molecule has 1 aliphatic rings. The van der Waals surface area contributed by atoms with Crippen LogP contribution in [0.25, 0.3) is 0 Å². The molecule has 2 heterocycles. The number of hydrogen-bond donors (Lipinski definition) is 2. The lowest BCUT2D eigenvalue weighted by Gasteiger charge is -2.31. The molecule has 2 N–H and O–H groups in total. The van der Waals surface area contributed by atoms with Crippen LogP contribution in [0.4, 0.5) is 10.5 Å². The van der Waals surface area contributed by atoms with Crippen molar-refractivity contribution in [3.63, 3.8) is 0 Å². The third-order valence-corrected chi connectivity index (χ3v) is 6.00. The molecule has 2 amide bonds. The largest absolute Gasteiger partial charge is 0.385 e. The van der Waals surface area contributed by atoms with Crippen molar-refractivity contribution >= 4 is 23.1 Å². The number of nitrogens with one attached hydrogen (secondary N) is 2. The molecule has 0 radical (unpaired) electrons. The van der Waals surface area contributed by atoms with E-state index in [1.165, 1.54) is 4.88 Å². The Bertz CT molecular complexity index is 779. The summed E-state index contributed by atoms with van der Waals surface area (Å²) in [4.78, 5) is 20.7. The zero-order valence-electron chi connectivity index (χ0n) is 16.2. The number of amides is 2. The molecule has 1 aromatic carbocycles. The van der Waals surface area contributed by atoms with Crippen molar-refractivity contribution < 1.29 is 9.53 Å². The Morgan fingerprint density at radius 3 is 2.96 bits per heavy atom. The van der Waals surface area contributed by atoms with Gasteiger partial charge in [-0.25, -0.2) is 9.78 Å². The molecule has 2 aromatic rings. The molecule has 1 unspecified atom stereocenters. The Morgan fingerprint density at radius 2 is 2.26 bits per heavy atom. The summed E-state index contributed by atoms with van der Waals surface area (Å²) in [5.41, 5.74) is 4.65. The van der Waals surface area contributed by atoms with Crippen LogP contribution in [0.3, 0.4) is 0 Å². The second-order valence-corrected chi connectivity index (χ2v) is 8.23. The van der Waals surface area contributed by atoms with Crippen LogP contribution in [-0.4, -0.2) is 48.3 Å². The van der Waals surface area contributed by atoms with Crippen molar-refractivity contribution in [1.29, 1.82) is 0 Å². The van der Waals surface area contributed by atoms with Gasteiger partial charge < -0.3 is 15.4 Å². The van der Waals surface area contributed by atoms with Gasteiger partial charge in [0.15, 0.2) is 0 Å². The van der Waals surface area contributed by atoms with Crippen molar-refractivity contribution in [3.8, 4) is 0 Å². The van der Waals surface area contributed by atoms with Gasteiger partial charge in [0.05, 0.1) is 16.7 Å². The fourth-order valence-corrected chi connectivity index (χ4v) is 4.38. The van der Waals surface area contributed by atoms with E-state index in [1.54, 1.807) is 18.4 Å². The van der Waals surface area contributed by atoms with Crippen LogP contribution in [0, 0.1) is 13.8 Å². The van der Waals surface area contributed by atoms with E-state index in [0.717, 1.165) is 49.4 Å². The maximum absolute atomic E-state index is 12.6. The standard InChI is InChI=1S/C20H28N4O2S/c1-15-5-4-6-17(11-15)22-19(25)23-20(8-10-26-3)7-9-24(13-20)12-18-16(2)21-14-27-18/h4-6,11,14H,7-10,12-13H2,1-3H3,(H2,22,23,25). The molecule has 146 valence electrons. The number of hydrogen-bond acceptors (Lipinski definition) is 5. The number of carbonyl (C=O) groups excluding carboxylic acids is 1. The summed E-state index contributed by atoms with van der Waals surface area (Å²) in [7, 11) is 1.70. The van der Waals surface area contributed by atoms with Crippen LogP contribution in [-0.2, 0) is 11.3 Å². The molecule has 1 fully saturated rings. The molecular weight excluding hydrogens is 360 g/mol. The van der Waals surface area contributed by atoms with Gasteiger partial charge in [0.2, 0.25) is 0 Å². The normalized spacial score (nSPS) is 20.0. The van der Waals surface area contributed by atoms with Crippen LogP contribution in [0.15, 0.2) is 29.8 Å². The lowest BCUT2D eigenvalue weighted by molar-refractivity contribution is 0.155. The van der Waals surface area contributed by atoms with Crippen molar-refractivity contribution in [2.24, 2.45) is 0 Å². The van der Waals surface area contributed by atoms with E-state index >= 15 is 0 Å². The van der Waals surface area contributed by atoms with Crippen LogP contribution in [0.5, 0.6) is 0 Å². The lowest BCUT2D eigenvalue weighted by atomic mass is 9.94. The highest BCUT2D eigenvalue weighted by molar-refractivity contribution is 7.09. The van der Waals surface area contributed by atoms with E-state index in [9.17, 15) is 4.79 Å². The van der Waals surface area contributed by atoms with Gasteiger partial charge in [0.1, 0.15) is 0 Å². The van der Waals surface area contributed by atoms with Crippen molar-refractivity contribution in [2.45, 2.75) is 38.8 Å². The molecule has 0 bridgehead atoms. The number of rotatable bonds is 7. The zero-order chi connectivity index (χ0) is 19.3. The number of benzene rings is 1. The minimum absolute atomic E-state index is 0.160. The summed E-state index contributed by atoms with van der Waals surface area (Å²) in [5, 5.41) is 6.20. The quantitative estimate of drug-likeness (QED) is 0.761. The first kappa shape index (κ1) is 19.8. The molecular formula is C20H28N4O2S. The molecule has 7 heteroatoms. The number of likely N-dealkylation sites (tertiary alicyclic amines) is 1. The van der Waals surface area contributed by atoms with E-state index in [1.807, 2.05) is 43.6 Å². The molecule has 1 aliphatic heterocycles. The van der Waals surface area contributed by atoms with Crippen molar-refractivity contribution in [3.05, 3.63) is 45.9 Å². The molecule has 0 saturated carbocycles. The second kappa shape index (κ2) is 8.82. The number of urea groups is 1. The highest BCUT2D eigenvalue weighted by Crippen LogP contribution is 2.28. The number of aryl methyl sites for hydroxylation is 2. The fraction of sp³-hybridized carbons (Fsp3) is 0.500. The minimum atomic E-state index is -0.275. The Hall–Kier alpha value is -1.96. The van der Waals surface area contributed by atoms with E-state index in [4.69, 9.17) is 4.74 Å². The maximum Gasteiger partial charge on any atom is 0.319 e. The highest BCUT2D eigenvalue weighted by Gasteiger charge is 2.39. The van der Waals surface area contributed by atoms with Crippen molar-refractivity contribution in [2.75, 3.05) is 32.1 Å². The van der Waals surface area contributed by atoms with Crippen LogP contribution < -0.4 is 10.6 Å². The van der Waals surface area contributed by atoms with Gasteiger partial charge in [0, 0.05) is 43.9 Å². The Morgan fingerprint density at radius 1 is 1.41 bits per heavy atom. The number of methoxy groups -OCH3 is 1. The minimum Gasteiger partial charge on any atom is -0.385 e. The second-order valence-electron chi connectivity index (χ2n) is 7.29. The third-order valence-electron chi connectivity index (χ3n) is 5.08. The summed E-state index contributed by atoms with van der Waals surface area (Å²) in [5.74, 6) is 0. The summed E-state index contributed by atoms with van der Waals surface area (Å²) in [6, 6.07) is 7.67. The fourth-order valence-electron chi connectivity index (χ4n) is 3.57.